The Morgan fingerprint density at radius 3 is 2.44 bits per heavy atom. The van der Waals surface area contributed by atoms with Crippen molar-refractivity contribution in [3.05, 3.63) is 0 Å². The van der Waals surface area contributed by atoms with Crippen molar-refractivity contribution in [2.24, 2.45) is 10.7 Å². The van der Waals surface area contributed by atoms with E-state index in [-0.39, 0.29) is 5.54 Å². The largest absolute Gasteiger partial charge is 0.370 e. The van der Waals surface area contributed by atoms with Crippen LogP contribution < -0.4 is 5.73 Å². The van der Waals surface area contributed by atoms with Crippen LogP contribution in [0.15, 0.2) is 4.99 Å². The van der Waals surface area contributed by atoms with Gasteiger partial charge >= 0.3 is 0 Å². The van der Waals surface area contributed by atoms with E-state index in [9.17, 15) is 0 Å². The van der Waals surface area contributed by atoms with Gasteiger partial charge in [0.2, 0.25) is 0 Å². The van der Waals surface area contributed by atoms with Gasteiger partial charge in [-0.05, 0) is 25.7 Å². The molecule has 2 rings (SSSR count). The summed E-state index contributed by atoms with van der Waals surface area (Å²) < 4.78 is 0. The summed E-state index contributed by atoms with van der Waals surface area (Å²) in [5, 5.41) is 0. The Bertz CT molecular complexity index is 292. The molecule has 1 aliphatic carbocycles. The quantitative estimate of drug-likeness (QED) is 0.779. The molecule has 3 heteroatoms. The topological polar surface area (TPSA) is 41.6 Å². The minimum absolute atomic E-state index is 0.230. The Labute approximate surface area is 112 Å². The van der Waals surface area contributed by atoms with Gasteiger partial charge in [-0.15, -0.1) is 0 Å². The molecule has 0 spiro atoms. The van der Waals surface area contributed by atoms with E-state index in [2.05, 4.69) is 23.7 Å². The lowest BCUT2D eigenvalue weighted by atomic mass is 9.87. The summed E-state index contributed by atoms with van der Waals surface area (Å²) in [6, 6.07) is 0.644. The molecule has 0 amide bonds. The first-order chi connectivity index (χ1) is 8.73. The third kappa shape index (κ3) is 2.50. The second-order valence-corrected chi connectivity index (χ2v) is 6.02. The van der Waals surface area contributed by atoms with Crippen LogP contribution in [0, 0.1) is 0 Å². The SMILES string of the molecule is CCCC1(CC)CN=C(N)N1C1CCCCCC1. The molecule has 0 aromatic carbocycles. The minimum Gasteiger partial charge on any atom is -0.370 e. The molecule has 1 aliphatic heterocycles. The first-order valence-electron chi connectivity index (χ1n) is 7.83. The summed E-state index contributed by atoms with van der Waals surface area (Å²) in [6.45, 7) is 5.49. The normalized spacial score (nSPS) is 30.3. The number of nitrogens with zero attached hydrogens (tertiary/aromatic N) is 2. The number of hydrogen-bond donors (Lipinski definition) is 1. The van der Waals surface area contributed by atoms with E-state index >= 15 is 0 Å². The highest BCUT2D eigenvalue weighted by molar-refractivity contribution is 5.81. The molecule has 2 aliphatic rings. The van der Waals surface area contributed by atoms with Crippen molar-refractivity contribution in [1.29, 1.82) is 0 Å². The first-order valence-corrected chi connectivity index (χ1v) is 7.83. The van der Waals surface area contributed by atoms with Gasteiger partial charge in [-0.25, -0.2) is 0 Å². The van der Waals surface area contributed by atoms with Gasteiger partial charge in [0.1, 0.15) is 0 Å². The maximum atomic E-state index is 6.22. The van der Waals surface area contributed by atoms with Gasteiger partial charge in [0.15, 0.2) is 5.96 Å². The summed E-state index contributed by atoms with van der Waals surface area (Å²) in [5.74, 6) is 0.817. The molecule has 1 atom stereocenters. The highest BCUT2D eigenvalue weighted by Crippen LogP contribution is 2.36. The summed E-state index contributed by atoms with van der Waals surface area (Å²) in [4.78, 5) is 7.10. The van der Waals surface area contributed by atoms with Gasteiger partial charge < -0.3 is 10.6 Å². The molecule has 3 nitrogen and oxygen atoms in total. The molecule has 0 aromatic heterocycles. The number of hydrogen-bond acceptors (Lipinski definition) is 3. The molecule has 104 valence electrons. The van der Waals surface area contributed by atoms with Crippen molar-refractivity contribution in [3.63, 3.8) is 0 Å². The third-order valence-corrected chi connectivity index (χ3v) is 4.86. The predicted molar refractivity (Wildman–Crippen MR) is 77.7 cm³/mol. The van der Waals surface area contributed by atoms with E-state index in [0.29, 0.717) is 6.04 Å². The Kier molecular flexibility index (Phi) is 4.52. The van der Waals surface area contributed by atoms with E-state index in [4.69, 9.17) is 5.73 Å². The maximum absolute atomic E-state index is 6.22. The monoisotopic (exact) mass is 251 g/mol. The Morgan fingerprint density at radius 2 is 1.89 bits per heavy atom. The van der Waals surface area contributed by atoms with Crippen LogP contribution in [0.1, 0.15) is 71.6 Å². The lowest BCUT2D eigenvalue weighted by Gasteiger charge is -2.43. The fraction of sp³-hybridized carbons (Fsp3) is 0.933. The van der Waals surface area contributed by atoms with Crippen LogP contribution in [0.3, 0.4) is 0 Å². The van der Waals surface area contributed by atoms with Gasteiger partial charge in [0.05, 0.1) is 12.1 Å². The molecule has 1 saturated carbocycles. The zero-order valence-corrected chi connectivity index (χ0v) is 12.1. The van der Waals surface area contributed by atoms with Gasteiger partial charge in [0.25, 0.3) is 0 Å². The molecule has 0 radical (unpaired) electrons. The number of nitrogens with two attached hydrogens (primary N) is 1. The third-order valence-electron chi connectivity index (χ3n) is 4.86. The van der Waals surface area contributed by atoms with E-state index < -0.39 is 0 Å². The van der Waals surface area contributed by atoms with Crippen LogP contribution in [0.5, 0.6) is 0 Å². The minimum atomic E-state index is 0.230. The van der Waals surface area contributed by atoms with E-state index in [0.717, 1.165) is 12.5 Å². The fourth-order valence-electron chi connectivity index (χ4n) is 3.84. The van der Waals surface area contributed by atoms with Crippen LogP contribution >= 0.6 is 0 Å². The highest BCUT2D eigenvalue weighted by Gasteiger charge is 2.43. The van der Waals surface area contributed by atoms with Crippen molar-refractivity contribution < 1.29 is 0 Å². The number of rotatable bonds is 4. The van der Waals surface area contributed by atoms with Crippen molar-refractivity contribution in [2.75, 3.05) is 6.54 Å². The van der Waals surface area contributed by atoms with Crippen molar-refractivity contribution >= 4 is 5.96 Å². The smallest absolute Gasteiger partial charge is 0.192 e. The molecule has 1 heterocycles. The molecular weight excluding hydrogens is 222 g/mol. The van der Waals surface area contributed by atoms with E-state index in [1.807, 2.05) is 0 Å². The molecule has 1 unspecified atom stereocenters. The summed E-state index contributed by atoms with van der Waals surface area (Å²) in [6.07, 6.45) is 11.7. The molecule has 1 fully saturated rings. The van der Waals surface area contributed by atoms with Crippen LogP contribution in [0.25, 0.3) is 0 Å². The molecule has 0 saturated heterocycles. The zero-order valence-electron chi connectivity index (χ0n) is 12.1. The van der Waals surface area contributed by atoms with Crippen LogP contribution in [0.2, 0.25) is 0 Å². The highest BCUT2D eigenvalue weighted by atomic mass is 15.4. The number of guanidine groups is 1. The second kappa shape index (κ2) is 5.94. The molecule has 0 aromatic rings. The Balaban J connectivity index is 2.16. The van der Waals surface area contributed by atoms with Gasteiger partial charge in [0, 0.05) is 6.04 Å². The van der Waals surface area contributed by atoms with Gasteiger partial charge in [-0.2, -0.15) is 0 Å². The lowest BCUT2D eigenvalue weighted by molar-refractivity contribution is 0.120. The van der Waals surface area contributed by atoms with Gasteiger partial charge in [-0.1, -0.05) is 46.0 Å². The first kappa shape index (κ1) is 13.7. The van der Waals surface area contributed by atoms with Crippen molar-refractivity contribution in [2.45, 2.75) is 83.2 Å². The standard InChI is InChI=1S/C15H29N3/c1-3-11-15(4-2)12-17-14(16)18(15)13-9-7-5-6-8-10-13/h13H,3-12H2,1-2H3,(H2,16,17). The second-order valence-electron chi connectivity index (χ2n) is 6.02. The lowest BCUT2D eigenvalue weighted by Crippen LogP contribution is -2.56. The zero-order chi connectivity index (χ0) is 13.0. The summed E-state index contributed by atoms with van der Waals surface area (Å²) in [5.41, 5.74) is 6.45. The van der Waals surface area contributed by atoms with Crippen molar-refractivity contribution in [1.82, 2.24) is 4.90 Å². The molecule has 2 N–H and O–H groups in total. The molecular formula is C15H29N3. The van der Waals surface area contributed by atoms with Crippen LogP contribution in [-0.2, 0) is 0 Å². The summed E-state index contributed by atoms with van der Waals surface area (Å²) >= 11 is 0. The molecule has 18 heavy (non-hydrogen) atoms. The van der Waals surface area contributed by atoms with Crippen LogP contribution in [-0.4, -0.2) is 29.0 Å². The summed E-state index contributed by atoms with van der Waals surface area (Å²) in [7, 11) is 0. The molecule has 0 bridgehead atoms. The van der Waals surface area contributed by atoms with Crippen molar-refractivity contribution in [3.8, 4) is 0 Å². The van der Waals surface area contributed by atoms with E-state index in [1.54, 1.807) is 0 Å². The number of aliphatic imine (C=N–C) groups is 1. The fourth-order valence-corrected chi connectivity index (χ4v) is 3.84. The Morgan fingerprint density at radius 1 is 1.22 bits per heavy atom. The van der Waals surface area contributed by atoms with Crippen LogP contribution in [0.4, 0.5) is 0 Å². The maximum Gasteiger partial charge on any atom is 0.192 e. The average molecular weight is 251 g/mol. The van der Waals surface area contributed by atoms with E-state index in [1.165, 1.54) is 57.8 Å². The van der Waals surface area contributed by atoms with Gasteiger partial charge in [-0.3, -0.25) is 4.99 Å². The predicted octanol–water partition coefficient (Wildman–Crippen LogP) is 3.29. The Hall–Kier alpha value is -0.730. The average Bonchev–Trinajstić information content (AvgIpc) is 2.58.